The maximum Gasteiger partial charge on any atom is 0.242 e. The van der Waals surface area contributed by atoms with E-state index < -0.39 is 5.92 Å². The minimum atomic E-state index is -0.729. The Morgan fingerprint density at radius 1 is 1.23 bits per heavy atom. The van der Waals surface area contributed by atoms with E-state index in [1.807, 2.05) is 55.5 Å². The fraction of sp³-hybridized carbons (Fsp3) is 0.222. The van der Waals surface area contributed by atoms with Crippen molar-refractivity contribution in [3.05, 3.63) is 59.7 Å². The van der Waals surface area contributed by atoms with Crippen LogP contribution in [0.25, 0.3) is 0 Å². The number of ether oxygens (including phenoxy) is 1. The third-order valence-electron chi connectivity index (χ3n) is 3.47. The molecule has 1 amide bonds. The van der Waals surface area contributed by atoms with E-state index in [-0.39, 0.29) is 5.91 Å². The second-order valence-electron chi connectivity index (χ2n) is 5.04. The van der Waals surface area contributed by atoms with Crippen molar-refractivity contribution in [1.29, 1.82) is 5.26 Å². The molecule has 0 aliphatic heterocycles. The number of amides is 1. The maximum atomic E-state index is 12.3. The van der Waals surface area contributed by atoms with Crippen LogP contribution in [0, 0.1) is 24.2 Å². The minimum Gasteiger partial charge on any atom is -0.497 e. The van der Waals surface area contributed by atoms with Crippen LogP contribution in [-0.2, 0) is 11.2 Å². The Balaban J connectivity index is 2.06. The summed E-state index contributed by atoms with van der Waals surface area (Å²) in [4.78, 5) is 12.3. The van der Waals surface area contributed by atoms with Crippen molar-refractivity contribution in [3.8, 4) is 11.8 Å². The molecule has 0 radical (unpaired) electrons. The number of benzene rings is 2. The fourth-order valence-electron chi connectivity index (χ4n) is 2.13. The number of hydrogen-bond donors (Lipinski definition) is 1. The monoisotopic (exact) mass is 294 g/mol. The number of carbonyl (C=O) groups is 1. The SMILES string of the molecule is COc1ccc(C[C@H](C#N)C(=O)Nc2ccccc2C)cc1. The van der Waals surface area contributed by atoms with Gasteiger partial charge in [-0.1, -0.05) is 30.3 Å². The van der Waals surface area contributed by atoms with E-state index in [4.69, 9.17) is 4.74 Å². The Labute approximate surface area is 130 Å². The molecule has 22 heavy (non-hydrogen) atoms. The molecule has 2 aromatic rings. The molecule has 112 valence electrons. The highest BCUT2D eigenvalue weighted by molar-refractivity contribution is 5.94. The molecule has 1 atom stereocenters. The standard InChI is InChI=1S/C18H18N2O2/c1-13-5-3-4-6-17(13)20-18(21)15(12-19)11-14-7-9-16(22-2)10-8-14/h3-10,15H,11H2,1-2H3,(H,20,21)/t15-/m1/s1. The van der Waals surface area contributed by atoms with Gasteiger partial charge in [-0.3, -0.25) is 4.79 Å². The van der Waals surface area contributed by atoms with Crippen LogP contribution in [0.3, 0.4) is 0 Å². The topological polar surface area (TPSA) is 62.1 Å². The third kappa shape index (κ3) is 3.86. The molecule has 1 N–H and O–H groups in total. The first-order chi connectivity index (χ1) is 10.6. The summed E-state index contributed by atoms with van der Waals surface area (Å²) in [6, 6.07) is 17.0. The van der Waals surface area contributed by atoms with Gasteiger partial charge in [0.15, 0.2) is 0 Å². The Hall–Kier alpha value is -2.80. The van der Waals surface area contributed by atoms with Gasteiger partial charge in [0.2, 0.25) is 5.91 Å². The minimum absolute atomic E-state index is 0.285. The fourth-order valence-corrected chi connectivity index (χ4v) is 2.13. The van der Waals surface area contributed by atoms with E-state index in [0.717, 1.165) is 22.6 Å². The van der Waals surface area contributed by atoms with E-state index >= 15 is 0 Å². The molecular weight excluding hydrogens is 276 g/mol. The van der Waals surface area contributed by atoms with E-state index in [0.29, 0.717) is 6.42 Å². The molecule has 4 nitrogen and oxygen atoms in total. The van der Waals surface area contributed by atoms with Crippen LogP contribution < -0.4 is 10.1 Å². The van der Waals surface area contributed by atoms with Crippen molar-refractivity contribution in [2.24, 2.45) is 5.92 Å². The van der Waals surface area contributed by atoms with Crippen LogP contribution >= 0.6 is 0 Å². The first-order valence-electron chi connectivity index (χ1n) is 7.03. The van der Waals surface area contributed by atoms with Gasteiger partial charge in [-0.25, -0.2) is 0 Å². The molecule has 0 bridgehead atoms. The molecule has 0 aliphatic carbocycles. The number of anilines is 1. The summed E-state index contributed by atoms with van der Waals surface area (Å²) in [5.41, 5.74) is 2.63. The van der Waals surface area contributed by atoms with Crippen molar-refractivity contribution in [1.82, 2.24) is 0 Å². The lowest BCUT2D eigenvalue weighted by atomic mass is 9.99. The number of nitrogens with zero attached hydrogens (tertiary/aromatic N) is 1. The van der Waals surface area contributed by atoms with Gasteiger partial charge >= 0.3 is 0 Å². The number of nitriles is 1. The van der Waals surface area contributed by atoms with Crippen LogP contribution in [0.4, 0.5) is 5.69 Å². The molecular formula is C18H18N2O2. The number of nitrogens with one attached hydrogen (secondary N) is 1. The van der Waals surface area contributed by atoms with Crippen molar-refractivity contribution in [2.45, 2.75) is 13.3 Å². The molecule has 0 saturated heterocycles. The van der Waals surface area contributed by atoms with E-state index in [1.165, 1.54) is 0 Å². The van der Waals surface area contributed by atoms with Crippen LogP contribution in [0.5, 0.6) is 5.75 Å². The van der Waals surface area contributed by atoms with Gasteiger partial charge in [0.25, 0.3) is 0 Å². The summed E-state index contributed by atoms with van der Waals surface area (Å²) in [6.07, 6.45) is 0.373. The lowest BCUT2D eigenvalue weighted by molar-refractivity contribution is -0.118. The number of methoxy groups -OCH3 is 1. The largest absolute Gasteiger partial charge is 0.497 e. The van der Waals surface area contributed by atoms with Crippen LogP contribution in [0.2, 0.25) is 0 Å². The Kier molecular flexibility index (Phi) is 5.16. The zero-order valence-electron chi connectivity index (χ0n) is 12.7. The Morgan fingerprint density at radius 2 is 1.91 bits per heavy atom. The normalized spacial score (nSPS) is 11.3. The predicted octanol–water partition coefficient (Wildman–Crippen LogP) is 3.32. The van der Waals surface area contributed by atoms with Gasteiger partial charge in [-0.15, -0.1) is 0 Å². The average molecular weight is 294 g/mol. The lowest BCUT2D eigenvalue weighted by Crippen LogP contribution is -2.23. The van der Waals surface area contributed by atoms with Crippen LogP contribution in [-0.4, -0.2) is 13.0 Å². The molecule has 0 spiro atoms. The van der Waals surface area contributed by atoms with Crippen molar-refractivity contribution in [3.63, 3.8) is 0 Å². The predicted molar refractivity (Wildman–Crippen MR) is 85.6 cm³/mol. The zero-order valence-corrected chi connectivity index (χ0v) is 12.7. The lowest BCUT2D eigenvalue weighted by Gasteiger charge is -2.12. The summed E-state index contributed by atoms with van der Waals surface area (Å²) in [5, 5.41) is 12.1. The highest BCUT2D eigenvalue weighted by Crippen LogP contribution is 2.18. The summed E-state index contributed by atoms with van der Waals surface area (Å²) in [6.45, 7) is 1.92. The van der Waals surface area contributed by atoms with Crippen molar-refractivity contribution < 1.29 is 9.53 Å². The maximum absolute atomic E-state index is 12.3. The highest BCUT2D eigenvalue weighted by atomic mass is 16.5. The van der Waals surface area contributed by atoms with Gasteiger partial charge in [0.1, 0.15) is 11.7 Å². The first kappa shape index (κ1) is 15.6. The molecule has 2 rings (SSSR count). The zero-order chi connectivity index (χ0) is 15.9. The van der Waals surface area contributed by atoms with Crippen LogP contribution in [0.1, 0.15) is 11.1 Å². The van der Waals surface area contributed by atoms with Crippen LogP contribution in [0.15, 0.2) is 48.5 Å². The number of hydrogen-bond acceptors (Lipinski definition) is 3. The molecule has 0 saturated carbocycles. The third-order valence-corrected chi connectivity index (χ3v) is 3.47. The van der Waals surface area contributed by atoms with Gasteiger partial charge < -0.3 is 10.1 Å². The molecule has 0 aliphatic rings. The summed E-state index contributed by atoms with van der Waals surface area (Å²) >= 11 is 0. The molecule has 0 unspecified atom stereocenters. The Morgan fingerprint density at radius 3 is 2.50 bits per heavy atom. The van der Waals surface area contributed by atoms with Gasteiger partial charge in [-0.05, 0) is 42.7 Å². The van der Waals surface area contributed by atoms with Gasteiger partial charge in [-0.2, -0.15) is 5.26 Å². The van der Waals surface area contributed by atoms with Crippen molar-refractivity contribution in [2.75, 3.05) is 12.4 Å². The summed E-state index contributed by atoms with van der Waals surface area (Å²) in [7, 11) is 1.60. The Bertz CT molecular complexity index is 687. The molecule has 4 heteroatoms. The first-order valence-corrected chi connectivity index (χ1v) is 7.03. The second kappa shape index (κ2) is 7.28. The highest BCUT2D eigenvalue weighted by Gasteiger charge is 2.19. The number of carbonyl (C=O) groups excluding carboxylic acids is 1. The van der Waals surface area contributed by atoms with Gasteiger partial charge in [0.05, 0.1) is 13.2 Å². The summed E-state index contributed by atoms with van der Waals surface area (Å²) in [5.74, 6) is -0.262. The molecule has 0 heterocycles. The quantitative estimate of drug-likeness (QED) is 0.920. The number of aryl methyl sites for hydroxylation is 1. The molecule has 0 aromatic heterocycles. The van der Waals surface area contributed by atoms with Crippen molar-refractivity contribution >= 4 is 11.6 Å². The smallest absolute Gasteiger partial charge is 0.242 e. The summed E-state index contributed by atoms with van der Waals surface area (Å²) < 4.78 is 5.10. The van der Waals surface area contributed by atoms with E-state index in [1.54, 1.807) is 7.11 Å². The van der Waals surface area contributed by atoms with E-state index in [2.05, 4.69) is 11.4 Å². The second-order valence-corrected chi connectivity index (χ2v) is 5.04. The number of rotatable bonds is 5. The van der Waals surface area contributed by atoms with E-state index in [9.17, 15) is 10.1 Å². The average Bonchev–Trinajstić information content (AvgIpc) is 2.55. The van der Waals surface area contributed by atoms with Gasteiger partial charge in [0, 0.05) is 5.69 Å². The molecule has 0 fully saturated rings. The number of para-hydroxylation sites is 1. The molecule has 2 aromatic carbocycles.